The standard InChI is InChI=1S/C12H14O3/c13-10-5-3-9(12(14)8-10)4-6-11-2-1-7-15-11/h2-3,5,8,13-14H,1,4,6-7H2. The van der Waals surface area contributed by atoms with Gasteiger partial charge < -0.3 is 14.9 Å². The maximum atomic E-state index is 9.54. The topological polar surface area (TPSA) is 49.7 Å². The summed E-state index contributed by atoms with van der Waals surface area (Å²) in [5.41, 5.74) is 0.837. The molecule has 3 heteroatoms. The lowest BCUT2D eigenvalue weighted by Gasteiger charge is -2.06. The zero-order chi connectivity index (χ0) is 10.7. The zero-order valence-electron chi connectivity index (χ0n) is 8.44. The third kappa shape index (κ3) is 2.43. The van der Waals surface area contributed by atoms with Crippen molar-refractivity contribution in [1.29, 1.82) is 0 Å². The first-order valence-electron chi connectivity index (χ1n) is 5.08. The number of hydrogen-bond donors (Lipinski definition) is 2. The van der Waals surface area contributed by atoms with Gasteiger partial charge in [0.25, 0.3) is 0 Å². The van der Waals surface area contributed by atoms with Crippen LogP contribution in [0, 0.1) is 0 Å². The smallest absolute Gasteiger partial charge is 0.122 e. The molecule has 0 unspecified atom stereocenters. The highest BCUT2D eigenvalue weighted by atomic mass is 16.5. The molecule has 1 heterocycles. The zero-order valence-corrected chi connectivity index (χ0v) is 8.44. The van der Waals surface area contributed by atoms with Crippen molar-refractivity contribution >= 4 is 0 Å². The van der Waals surface area contributed by atoms with Crippen LogP contribution < -0.4 is 0 Å². The minimum absolute atomic E-state index is 0.0904. The van der Waals surface area contributed by atoms with Crippen molar-refractivity contribution in [3.05, 3.63) is 35.6 Å². The molecule has 1 aliphatic heterocycles. The molecule has 0 aliphatic carbocycles. The van der Waals surface area contributed by atoms with Crippen LogP contribution in [-0.2, 0) is 11.2 Å². The van der Waals surface area contributed by atoms with E-state index in [1.807, 2.05) is 0 Å². The Morgan fingerprint density at radius 2 is 2.07 bits per heavy atom. The van der Waals surface area contributed by atoms with Gasteiger partial charge in [0.1, 0.15) is 11.5 Å². The third-order valence-electron chi connectivity index (χ3n) is 2.49. The molecule has 0 spiro atoms. The molecule has 0 aromatic heterocycles. The van der Waals surface area contributed by atoms with Crippen LogP contribution in [0.5, 0.6) is 11.5 Å². The Kier molecular flexibility index (Phi) is 2.81. The fourth-order valence-electron chi connectivity index (χ4n) is 1.66. The van der Waals surface area contributed by atoms with Crippen LogP contribution in [0.3, 0.4) is 0 Å². The summed E-state index contributed by atoms with van der Waals surface area (Å²) in [4.78, 5) is 0. The second-order valence-electron chi connectivity index (χ2n) is 3.62. The molecule has 15 heavy (non-hydrogen) atoms. The predicted molar refractivity (Wildman–Crippen MR) is 56.7 cm³/mol. The van der Waals surface area contributed by atoms with Gasteiger partial charge in [0.05, 0.1) is 12.4 Å². The van der Waals surface area contributed by atoms with Gasteiger partial charge >= 0.3 is 0 Å². The Hall–Kier alpha value is -1.64. The number of aryl methyl sites for hydroxylation is 1. The summed E-state index contributed by atoms with van der Waals surface area (Å²) in [5, 5.41) is 18.7. The highest BCUT2D eigenvalue weighted by Gasteiger charge is 2.07. The molecule has 1 aromatic rings. The first-order chi connectivity index (χ1) is 7.25. The summed E-state index contributed by atoms with van der Waals surface area (Å²) in [6.07, 6.45) is 4.60. The lowest BCUT2D eigenvalue weighted by molar-refractivity contribution is 0.234. The summed E-state index contributed by atoms with van der Waals surface area (Å²) >= 11 is 0. The van der Waals surface area contributed by atoms with Crippen LogP contribution in [0.2, 0.25) is 0 Å². The van der Waals surface area contributed by atoms with Crippen molar-refractivity contribution in [2.75, 3.05) is 6.61 Å². The molecule has 2 N–H and O–H groups in total. The quantitative estimate of drug-likeness (QED) is 0.798. The summed E-state index contributed by atoms with van der Waals surface area (Å²) < 4.78 is 5.37. The maximum Gasteiger partial charge on any atom is 0.122 e. The van der Waals surface area contributed by atoms with Gasteiger partial charge in [-0.1, -0.05) is 6.07 Å². The van der Waals surface area contributed by atoms with Gasteiger partial charge in [-0.05, 0) is 24.1 Å². The van der Waals surface area contributed by atoms with Gasteiger partial charge in [-0.25, -0.2) is 0 Å². The van der Waals surface area contributed by atoms with Gasteiger partial charge in [0.2, 0.25) is 0 Å². The number of allylic oxidation sites excluding steroid dienone is 1. The average Bonchev–Trinajstić information content (AvgIpc) is 2.69. The van der Waals surface area contributed by atoms with Crippen molar-refractivity contribution in [2.45, 2.75) is 19.3 Å². The first kappa shape index (κ1) is 9.90. The van der Waals surface area contributed by atoms with Crippen LogP contribution in [-0.4, -0.2) is 16.8 Å². The van der Waals surface area contributed by atoms with E-state index in [2.05, 4.69) is 6.08 Å². The molecule has 0 amide bonds. The Morgan fingerprint density at radius 1 is 1.20 bits per heavy atom. The summed E-state index contributed by atoms with van der Waals surface area (Å²) in [6.45, 7) is 0.775. The van der Waals surface area contributed by atoms with E-state index in [9.17, 15) is 5.11 Å². The summed E-state index contributed by atoms with van der Waals surface area (Å²) in [6, 6.07) is 4.68. The molecule has 0 saturated heterocycles. The third-order valence-corrected chi connectivity index (χ3v) is 2.49. The van der Waals surface area contributed by atoms with E-state index in [0.29, 0.717) is 0 Å². The highest BCUT2D eigenvalue weighted by Crippen LogP contribution is 2.25. The van der Waals surface area contributed by atoms with Gasteiger partial charge in [-0.15, -0.1) is 0 Å². The fraction of sp³-hybridized carbons (Fsp3) is 0.333. The van der Waals surface area contributed by atoms with Gasteiger partial charge in [0.15, 0.2) is 0 Å². The Labute approximate surface area is 88.6 Å². The van der Waals surface area contributed by atoms with E-state index < -0.39 is 0 Å². The lowest BCUT2D eigenvalue weighted by Crippen LogP contribution is -1.90. The number of hydrogen-bond acceptors (Lipinski definition) is 3. The molecule has 1 aliphatic rings. The fourth-order valence-corrected chi connectivity index (χ4v) is 1.66. The van der Waals surface area contributed by atoms with Crippen molar-refractivity contribution in [3.8, 4) is 11.5 Å². The molecule has 0 atom stereocenters. The van der Waals surface area contributed by atoms with Gasteiger partial charge in [0, 0.05) is 18.9 Å². The van der Waals surface area contributed by atoms with Crippen LogP contribution >= 0.6 is 0 Å². The Balaban J connectivity index is 1.98. The number of phenols is 2. The molecule has 1 aromatic carbocycles. The van der Waals surface area contributed by atoms with Gasteiger partial charge in [-0.2, -0.15) is 0 Å². The van der Waals surface area contributed by atoms with Crippen LogP contribution in [0.15, 0.2) is 30.0 Å². The maximum absolute atomic E-state index is 9.54. The molecule has 2 rings (SSSR count). The van der Waals surface area contributed by atoms with E-state index in [-0.39, 0.29) is 11.5 Å². The lowest BCUT2D eigenvalue weighted by atomic mass is 10.1. The SMILES string of the molecule is Oc1ccc(CCC2=CCCO2)c(O)c1. The Bertz CT molecular complexity index is 382. The number of phenolic OH excluding ortho intramolecular Hbond substituents is 2. The molecule has 80 valence electrons. The first-order valence-corrected chi connectivity index (χ1v) is 5.08. The average molecular weight is 206 g/mol. The monoisotopic (exact) mass is 206 g/mol. The molecule has 0 bridgehead atoms. The predicted octanol–water partition coefficient (Wildman–Crippen LogP) is 2.33. The number of rotatable bonds is 3. The summed E-state index contributed by atoms with van der Waals surface area (Å²) in [7, 11) is 0. The highest BCUT2D eigenvalue weighted by molar-refractivity contribution is 5.39. The second-order valence-corrected chi connectivity index (χ2v) is 3.62. The Morgan fingerprint density at radius 3 is 2.73 bits per heavy atom. The minimum Gasteiger partial charge on any atom is -0.508 e. The van der Waals surface area contributed by atoms with Crippen molar-refractivity contribution in [3.63, 3.8) is 0 Å². The molecule has 0 radical (unpaired) electrons. The van der Waals surface area contributed by atoms with Crippen molar-refractivity contribution in [1.82, 2.24) is 0 Å². The van der Waals surface area contributed by atoms with E-state index >= 15 is 0 Å². The van der Waals surface area contributed by atoms with Crippen molar-refractivity contribution in [2.24, 2.45) is 0 Å². The van der Waals surface area contributed by atoms with Gasteiger partial charge in [-0.3, -0.25) is 0 Å². The molecular formula is C12H14O3. The molecular weight excluding hydrogens is 192 g/mol. The number of aromatic hydroxyl groups is 2. The molecule has 0 saturated carbocycles. The number of ether oxygens (including phenoxy) is 1. The van der Waals surface area contributed by atoms with Crippen molar-refractivity contribution < 1.29 is 14.9 Å². The normalized spacial score (nSPS) is 14.8. The summed E-state index contributed by atoms with van der Waals surface area (Å²) in [5.74, 6) is 1.24. The van der Waals surface area contributed by atoms with E-state index in [1.54, 1.807) is 12.1 Å². The second kappa shape index (κ2) is 4.26. The van der Waals surface area contributed by atoms with Crippen LogP contribution in [0.4, 0.5) is 0 Å². The molecule has 0 fully saturated rings. The van der Waals surface area contributed by atoms with E-state index in [0.717, 1.165) is 37.2 Å². The van der Waals surface area contributed by atoms with Crippen LogP contribution in [0.1, 0.15) is 18.4 Å². The molecule has 3 nitrogen and oxygen atoms in total. The van der Waals surface area contributed by atoms with E-state index in [4.69, 9.17) is 9.84 Å². The largest absolute Gasteiger partial charge is 0.508 e. The number of benzene rings is 1. The van der Waals surface area contributed by atoms with Crippen LogP contribution in [0.25, 0.3) is 0 Å². The minimum atomic E-state index is 0.0904. The van der Waals surface area contributed by atoms with E-state index in [1.165, 1.54) is 6.07 Å².